The highest BCUT2D eigenvalue weighted by atomic mass is 127. The maximum absolute atomic E-state index is 5.56. The first-order chi connectivity index (χ1) is 10.6. The van der Waals surface area contributed by atoms with Gasteiger partial charge in [0.15, 0.2) is 5.96 Å². The van der Waals surface area contributed by atoms with Gasteiger partial charge in [0.1, 0.15) is 0 Å². The summed E-state index contributed by atoms with van der Waals surface area (Å²) < 4.78 is 7.38. The third-order valence-corrected chi connectivity index (χ3v) is 2.98. The molecule has 0 aromatic carbocycles. The van der Waals surface area contributed by atoms with Crippen molar-refractivity contribution in [3.63, 3.8) is 0 Å². The van der Waals surface area contributed by atoms with Crippen LogP contribution in [0.4, 0.5) is 0 Å². The lowest BCUT2D eigenvalue weighted by atomic mass is 10.2. The molecule has 7 heteroatoms. The van der Waals surface area contributed by atoms with Crippen LogP contribution in [-0.4, -0.2) is 48.6 Å². The molecule has 0 aliphatic rings. The first kappa shape index (κ1) is 22.2. The van der Waals surface area contributed by atoms with Crippen LogP contribution in [0.3, 0.4) is 0 Å². The predicted molar refractivity (Wildman–Crippen MR) is 107 cm³/mol. The molecule has 6 nitrogen and oxygen atoms in total. The van der Waals surface area contributed by atoms with Crippen molar-refractivity contribution in [1.29, 1.82) is 0 Å². The van der Waals surface area contributed by atoms with E-state index in [1.54, 1.807) is 0 Å². The van der Waals surface area contributed by atoms with Crippen molar-refractivity contribution in [3.05, 3.63) is 18.0 Å². The molecule has 0 spiro atoms. The highest BCUT2D eigenvalue weighted by molar-refractivity contribution is 14.0. The lowest BCUT2D eigenvalue weighted by molar-refractivity contribution is 0.109. The Hall–Kier alpha value is -0.830. The van der Waals surface area contributed by atoms with E-state index in [0.29, 0.717) is 5.92 Å². The molecule has 0 saturated carbocycles. The summed E-state index contributed by atoms with van der Waals surface area (Å²) in [5.41, 5.74) is 1.23. The number of rotatable bonds is 10. The van der Waals surface area contributed by atoms with Gasteiger partial charge in [0.25, 0.3) is 0 Å². The molecular weight excluding hydrogens is 405 g/mol. The lowest BCUT2D eigenvalue weighted by Gasteiger charge is -2.11. The van der Waals surface area contributed by atoms with Crippen LogP contribution in [0.25, 0.3) is 0 Å². The summed E-state index contributed by atoms with van der Waals surface area (Å²) in [6.07, 6.45) is 5.83. The fourth-order valence-corrected chi connectivity index (χ4v) is 1.94. The molecule has 0 atom stereocenters. The van der Waals surface area contributed by atoms with E-state index in [4.69, 9.17) is 4.74 Å². The van der Waals surface area contributed by atoms with E-state index in [-0.39, 0.29) is 24.0 Å². The Morgan fingerprint density at radius 3 is 2.78 bits per heavy atom. The fourth-order valence-electron chi connectivity index (χ4n) is 1.94. The van der Waals surface area contributed by atoms with Gasteiger partial charge in [0.2, 0.25) is 0 Å². The fraction of sp³-hybridized carbons (Fsp3) is 0.750. The number of ether oxygens (including phenoxy) is 1. The number of hydrogen-bond acceptors (Lipinski definition) is 3. The number of aromatic nitrogens is 2. The van der Waals surface area contributed by atoms with E-state index in [1.807, 2.05) is 24.1 Å². The van der Waals surface area contributed by atoms with Gasteiger partial charge >= 0.3 is 0 Å². The minimum atomic E-state index is 0. The summed E-state index contributed by atoms with van der Waals surface area (Å²) in [6.45, 7) is 10.5. The Balaban J connectivity index is 0.00000484. The van der Waals surface area contributed by atoms with Crippen LogP contribution >= 0.6 is 24.0 Å². The SMILES string of the molecule is CCNC(=NCCCOCC(C)C)NCCc1cnn(C)c1.I. The van der Waals surface area contributed by atoms with Crippen molar-refractivity contribution in [3.8, 4) is 0 Å². The molecule has 0 bridgehead atoms. The number of nitrogens with one attached hydrogen (secondary N) is 2. The maximum atomic E-state index is 5.56. The van der Waals surface area contributed by atoms with E-state index in [2.05, 4.69) is 41.5 Å². The molecule has 0 saturated heterocycles. The molecule has 0 fully saturated rings. The number of nitrogens with zero attached hydrogens (tertiary/aromatic N) is 3. The molecule has 0 radical (unpaired) electrons. The molecule has 0 amide bonds. The van der Waals surface area contributed by atoms with Gasteiger partial charge in [-0.05, 0) is 31.2 Å². The van der Waals surface area contributed by atoms with Gasteiger partial charge < -0.3 is 15.4 Å². The Kier molecular flexibility index (Phi) is 13.1. The quantitative estimate of drug-likeness (QED) is 0.255. The van der Waals surface area contributed by atoms with Crippen molar-refractivity contribution in [1.82, 2.24) is 20.4 Å². The van der Waals surface area contributed by atoms with Gasteiger partial charge in [0.05, 0.1) is 6.20 Å². The number of aliphatic imine (C=N–C) groups is 1. The van der Waals surface area contributed by atoms with Crippen LogP contribution < -0.4 is 10.6 Å². The topological polar surface area (TPSA) is 63.5 Å². The predicted octanol–water partition coefficient (Wildman–Crippen LogP) is 2.20. The molecule has 2 N–H and O–H groups in total. The number of aryl methyl sites for hydroxylation is 1. The average Bonchev–Trinajstić information content (AvgIpc) is 2.88. The molecule has 23 heavy (non-hydrogen) atoms. The molecule has 1 aromatic rings. The van der Waals surface area contributed by atoms with Crippen LogP contribution in [0.1, 0.15) is 32.8 Å². The Morgan fingerprint density at radius 1 is 1.39 bits per heavy atom. The normalized spacial score (nSPS) is 11.4. The third kappa shape index (κ3) is 11.4. The zero-order valence-corrected chi connectivity index (χ0v) is 17.2. The van der Waals surface area contributed by atoms with Gasteiger partial charge in [0, 0.05) is 46.1 Å². The van der Waals surface area contributed by atoms with Crippen LogP contribution in [0, 0.1) is 5.92 Å². The average molecular weight is 437 g/mol. The van der Waals surface area contributed by atoms with Gasteiger partial charge in [-0.25, -0.2) is 0 Å². The summed E-state index contributed by atoms with van der Waals surface area (Å²) in [4.78, 5) is 4.56. The van der Waals surface area contributed by atoms with E-state index in [0.717, 1.165) is 51.6 Å². The summed E-state index contributed by atoms with van der Waals surface area (Å²) in [6, 6.07) is 0. The van der Waals surface area contributed by atoms with Crippen LogP contribution in [0.15, 0.2) is 17.4 Å². The van der Waals surface area contributed by atoms with E-state index >= 15 is 0 Å². The molecule has 0 aliphatic heterocycles. The van der Waals surface area contributed by atoms with Crippen molar-refractivity contribution in [2.75, 3.05) is 32.8 Å². The molecule has 0 unspecified atom stereocenters. The van der Waals surface area contributed by atoms with Gasteiger partial charge in [-0.2, -0.15) is 5.10 Å². The zero-order valence-electron chi connectivity index (χ0n) is 14.8. The number of halogens is 1. The Bertz CT molecular complexity index is 434. The lowest BCUT2D eigenvalue weighted by Crippen LogP contribution is -2.38. The smallest absolute Gasteiger partial charge is 0.191 e. The van der Waals surface area contributed by atoms with Crippen molar-refractivity contribution in [2.24, 2.45) is 18.0 Å². The van der Waals surface area contributed by atoms with Crippen LogP contribution in [-0.2, 0) is 18.2 Å². The van der Waals surface area contributed by atoms with Crippen molar-refractivity contribution in [2.45, 2.75) is 33.6 Å². The molecule has 0 aliphatic carbocycles. The highest BCUT2D eigenvalue weighted by Gasteiger charge is 1.99. The van der Waals surface area contributed by atoms with E-state index < -0.39 is 0 Å². The summed E-state index contributed by atoms with van der Waals surface area (Å²) in [5.74, 6) is 1.46. The van der Waals surface area contributed by atoms with Crippen molar-refractivity contribution < 1.29 is 4.74 Å². The second kappa shape index (κ2) is 13.6. The molecular formula is C16H32IN5O. The van der Waals surface area contributed by atoms with Gasteiger partial charge in [-0.1, -0.05) is 13.8 Å². The number of guanidine groups is 1. The first-order valence-electron chi connectivity index (χ1n) is 8.19. The summed E-state index contributed by atoms with van der Waals surface area (Å²) >= 11 is 0. The van der Waals surface area contributed by atoms with E-state index in [1.165, 1.54) is 5.56 Å². The van der Waals surface area contributed by atoms with Gasteiger partial charge in [-0.15, -0.1) is 24.0 Å². The summed E-state index contributed by atoms with van der Waals surface area (Å²) in [7, 11) is 1.93. The third-order valence-electron chi connectivity index (χ3n) is 2.98. The minimum Gasteiger partial charge on any atom is -0.381 e. The largest absolute Gasteiger partial charge is 0.381 e. The van der Waals surface area contributed by atoms with Crippen LogP contribution in [0.2, 0.25) is 0 Å². The second-order valence-electron chi connectivity index (χ2n) is 5.78. The second-order valence-corrected chi connectivity index (χ2v) is 5.78. The molecule has 134 valence electrons. The van der Waals surface area contributed by atoms with Crippen LogP contribution in [0.5, 0.6) is 0 Å². The molecule has 1 aromatic heterocycles. The summed E-state index contributed by atoms with van der Waals surface area (Å²) in [5, 5.41) is 10.8. The molecule has 1 heterocycles. The Labute approximate surface area is 157 Å². The van der Waals surface area contributed by atoms with Crippen molar-refractivity contribution >= 4 is 29.9 Å². The minimum absolute atomic E-state index is 0. The number of hydrogen-bond donors (Lipinski definition) is 2. The molecule has 1 rings (SSSR count). The highest BCUT2D eigenvalue weighted by Crippen LogP contribution is 1.96. The Morgan fingerprint density at radius 2 is 2.17 bits per heavy atom. The zero-order chi connectivity index (χ0) is 16.2. The van der Waals surface area contributed by atoms with E-state index in [9.17, 15) is 0 Å². The standard InChI is InChI=1S/C16H31N5O.HI/c1-5-17-16(18-8-6-10-22-13-14(2)3)19-9-7-15-11-20-21(4)12-15;/h11-12,14H,5-10,13H2,1-4H3,(H2,17,18,19);1H. The maximum Gasteiger partial charge on any atom is 0.191 e. The van der Waals surface area contributed by atoms with Gasteiger partial charge in [-0.3, -0.25) is 9.67 Å². The monoisotopic (exact) mass is 437 g/mol. The first-order valence-corrected chi connectivity index (χ1v) is 8.19.